The number of hydrogen-bond donors (Lipinski definition) is 1. The minimum absolute atomic E-state index is 0.0390. The van der Waals surface area contributed by atoms with Crippen molar-refractivity contribution in [3.63, 3.8) is 0 Å². The summed E-state index contributed by atoms with van der Waals surface area (Å²) >= 11 is 1.40. The molecule has 1 aromatic rings. The van der Waals surface area contributed by atoms with Gasteiger partial charge >= 0.3 is 0 Å². The largest absolute Gasteiger partial charge is 0.333 e. The number of rotatable bonds is 2. The fraction of sp³-hybridized carbons (Fsp3) is 0.636. The summed E-state index contributed by atoms with van der Waals surface area (Å²) in [4.78, 5) is 18.8. The summed E-state index contributed by atoms with van der Waals surface area (Å²) in [6.07, 6.45) is 4.90. The lowest BCUT2D eigenvalue weighted by Gasteiger charge is -2.37. The highest BCUT2D eigenvalue weighted by molar-refractivity contribution is 7.11. The Bertz CT molecular complexity index is 350. The van der Waals surface area contributed by atoms with Gasteiger partial charge in [0.15, 0.2) is 0 Å². The minimum atomic E-state index is 0.0390. The standard InChI is InChI=1S/C11H17N3OS/c1-8(12)9-4-2-3-5-14(9)11(15)10-6-13-7-16-10/h6-9H,2-5,12H2,1H3. The maximum atomic E-state index is 12.2. The number of carbonyl (C=O) groups excluding carboxylic acids is 1. The molecule has 2 rings (SSSR count). The van der Waals surface area contributed by atoms with E-state index in [9.17, 15) is 4.79 Å². The summed E-state index contributed by atoms with van der Waals surface area (Å²) in [5, 5.41) is 0. The normalized spacial score (nSPS) is 23.1. The Kier molecular flexibility index (Phi) is 3.56. The van der Waals surface area contributed by atoms with Crippen LogP contribution in [0.4, 0.5) is 0 Å². The zero-order valence-corrected chi connectivity index (χ0v) is 10.2. The predicted molar refractivity (Wildman–Crippen MR) is 64.4 cm³/mol. The van der Waals surface area contributed by atoms with Crippen molar-refractivity contribution in [3.05, 3.63) is 16.6 Å². The Morgan fingerprint density at radius 2 is 2.50 bits per heavy atom. The molecule has 0 saturated carbocycles. The van der Waals surface area contributed by atoms with E-state index in [0.717, 1.165) is 19.4 Å². The van der Waals surface area contributed by atoms with Crippen molar-refractivity contribution in [2.45, 2.75) is 38.3 Å². The first kappa shape index (κ1) is 11.5. The molecule has 0 aliphatic carbocycles. The Hall–Kier alpha value is -0.940. The van der Waals surface area contributed by atoms with Crippen molar-refractivity contribution in [1.82, 2.24) is 9.88 Å². The van der Waals surface area contributed by atoms with Gasteiger partial charge < -0.3 is 10.6 Å². The third-order valence-corrected chi connectivity index (χ3v) is 3.82. The van der Waals surface area contributed by atoms with E-state index in [1.165, 1.54) is 17.8 Å². The highest BCUT2D eigenvalue weighted by Gasteiger charge is 2.30. The van der Waals surface area contributed by atoms with Gasteiger partial charge in [-0.1, -0.05) is 0 Å². The van der Waals surface area contributed by atoms with Gasteiger partial charge in [-0.3, -0.25) is 9.78 Å². The topological polar surface area (TPSA) is 59.2 Å². The lowest BCUT2D eigenvalue weighted by molar-refractivity contribution is 0.0588. The molecule has 0 radical (unpaired) electrons. The second-order valence-corrected chi connectivity index (χ2v) is 5.17. The SMILES string of the molecule is CC(N)C1CCCCN1C(=O)c1cncs1. The first-order valence-corrected chi connectivity index (χ1v) is 6.53. The predicted octanol–water partition coefficient (Wildman–Crippen LogP) is 1.48. The van der Waals surface area contributed by atoms with E-state index < -0.39 is 0 Å². The molecule has 1 saturated heterocycles. The number of thiazole rings is 1. The number of likely N-dealkylation sites (tertiary alicyclic amines) is 1. The van der Waals surface area contributed by atoms with E-state index in [1.54, 1.807) is 11.7 Å². The molecule has 0 spiro atoms. The van der Waals surface area contributed by atoms with Crippen LogP contribution in [-0.2, 0) is 0 Å². The average Bonchev–Trinajstić information content (AvgIpc) is 2.81. The van der Waals surface area contributed by atoms with Crippen LogP contribution in [0.5, 0.6) is 0 Å². The molecular weight excluding hydrogens is 222 g/mol. The number of piperidine rings is 1. The fourth-order valence-corrected chi connectivity index (χ4v) is 2.79. The van der Waals surface area contributed by atoms with Gasteiger partial charge in [0.05, 0.1) is 11.7 Å². The van der Waals surface area contributed by atoms with Gasteiger partial charge in [0, 0.05) is 18.6 Å². The van der Waals surface area contributed by atoms with Crippen molar-refractivity contribution in [3.8, 4) is 0 Å². The molecule has 1 amide bonds. The smallest absolute Gasteiger partial charge is 0.265 e. The Balaban J connectivity index is 2.14. The fourth-order valence-electron chi connectivity index (χ4n) is 2.22. The maximum Gasteiger partial charge on any atom is 0.265 e. The number of carbonyl (C=O) groups is 1. The first-order valence-electron chi connectivity index (χ1n) is 5.65. The molecule has 1 fully saturated rings. The number of aromatic nitrogens is 1. The monoisotopic (exact) mass is 239 g/mol. The Morgan fingerprint density at radius 1 is 1.69 bits per heavy atom. The van der Waals surface area contributed by atoms with Crippen LogP contribution < -0.4 is 5.73 Å². The van der Waals surface area contributed by atoms with Crippen LogP contribution >= 0.6 is 11.3 Å². The molecule has 16 heavy (non-hydrogen) atoms. The molecule has 0 bridgehead atoms. The van der Waals surface area contributed by atoms with Gasteiger partial charge in [-0.25, -0.2) is 0 Å². The van der Waals surface area contributed by atoms with E-state index in [-0.39, 0.29) is 18.0 Å². The van der Waals surface area contributed by atoms with E-state index in [4.69, 9.17) is 5.73 Å². The average molecular weight is 239 g/mol. The Morgan fingerprint density at radius 3 is 3.12 bits per heavy atom. The molecule has 2 atom stereocenters. The van der Waals surface area contributed by atoms with Crippen LogP contribution in [0.2, 0.25) is 0 Å². The Labute approximate surface area is 99.5 Å². The summed E-state index contributed by atoms with van der Waals surface area (Å²) in [5.41, 5.74) is 7.64. The van der Waals surface area contributed by atoms with Gasteiger partial charge in [0.2, 0.25) is 0 Å². The quantitative estimate of drug-likeness (QED) is 0.850. The lowest BCUT2D eigenvalue weighted by Crippen LogP contribution is -2.51. The molecule has 2 unspecified atom stereocenters. The summed E-state index contributed by atoms with van der Waals surface area (Å²) in [7, 11) is 0. The summed E-state index contributed by atoms with van der Waals surface area (Å²) in [5.74, 6) is 0.0875. The van der Waals surface area contributed by atoms with Crippen molar-refractivity contribution in [2.24, 2.45) is 5.73 Å². The van der Waals surface area contributed by atoms with E-state index in [0.29, 0.717) is 4.88 Å². The summed E-state index contributed by atoms with van der Waals surface area (Å²) < 4.78 is 0. The number of hydrogen-bond acceptors (Lipinski definition) is 4. The minimum Gasteiger partial charge on any atom is -0.333 e. The second kappa shape index (κ2) is 4.93. The molecule has 2 N–H and O–H groups in total. The molecule has 1 aromatic heterocycles. The van der Waals surface area contributed by atoms with E-state index >= 15 is 0 Å². The van der Waals surface area contributed by atoms with E-state index in [1.807, 2.05) is 11.8 Å². The lowest BCUT2D eigenvalue weighted by atomic mass is 9.97. The molecular formula is C11H17N3OS. The molecule has 1 aliphatic heterocycles. The van der Waals surface area contributed by atoms with Gasteiger partial charge in [-0.15, -0.1) is 11.3 Å². The first-order chi connectivity index (χ1) is 7.70. The van der Waals surface area contributed by atoms with Crippen LogP contribution in [0.1, 0.15) is 35.9 Å². The van der Waals surface area contributed by atoms with Gasteiger partial charge in [-0.05, 0) is 26.2 Å². The maximum absolute atomic E-state index is 12.2. The highest BCUT2D eigenvalue weighted by Crippen LogP contribution is 2.22. The third kappa shape index (κ3) is 2.25. The molecule has 2 heterocycles. The zero-order valence-electron chi connectivity index (χ0n) is 9.43. The van der Waals surface area contributed by atoms with Crippen molar-refractivity contribution < 1.29 is 4.79 Å². The van der Waals surface area contributed by atoms with Crippen molar-refractivity contribution >= 4 is 17.2 Å². The van der Waals surface area contributed by atoms with Gasteiger partial charge in [-0.2, -0.15) is 0 Å². The van der Waals surface area contributed by atoms with Crippen LogP contribution in [0.15, 0.2) is 11.7 Å². The molecule has 88 valence electrons. The highest BCUT2D eigenvalue weighted by atomic mass is 32.1. The summed E-state index contributed by atoms with van der Waals surface area (Å²) in [6, 6.07) is 0.223. The van der Waals surface area contributed by atoms with Crippen LogP contribution in [0.3, 0.4) is 0 Å². The van der Waals surface area contributed by atoms with Crippen LogP contribution in [-0.4, -0.2) is 34.4 Å². The number of nitrogens with two attached hydrogens (primary N) is 1. The number of amides is 1. The van der Waals surface area contributed by atoms with Gasteiger partial charge in [0.25, 0.3) is 5.91 Å². The second-order valence-electron chi connectivity index (χ2n) is 4.29. The van der Waals surface area contributed by atoms with Crippen molar-refractivity contribution in [2.75, 3.05) is 6.54 Å². The van der Waals surface area contributed by atoms with Crippen LogP contribution in [0, 0.1) is 0 Å². The zero-order chi connectivity index (χ0) is 11.5. The van der Waals surface area contributed by atoms with Crippen LogP contribution in [0.25, 0.3) is 0 Å². The molecule has 1 aliphatic rings. The van der Waals surface area contributed by atoms with E-state index in [2.05, 4.69) is 4.98 Å². The molecule has 0 aromatic carbocycles. The summed E-state index contributed by atoms with van der Waals surface area (Å²) in [6.45, 7) is 2.80. The van der Waals surface area contributed by atoms with Crippen molar-refractivity contribution in [1.29, 1.82) is 0 Å². The third-order valence-electron chi connectivity index (χ3n) is 3.06. The molecule has 5 heteroatoms. The number of nitrogens with zero attached hydrogens (tertiary/aromatic N) is 2. The molecule has 4 nitrogen and oxygen atoms in total. The van der Waals surface area contributed by atoms with Gasteiger partial charge in [0.1, 0.15) is 4.88 Å².